The lowest BCUT2D eigenvalue weighted by Crippen LogP contribution is -1.92. The van der Waals surface area contributed by atoms with E-state index in [0.717, 1.165) is 10.9 Å². The topological polar surface area (TPSA) is 20.2 Å². The standard InChI is InChI=1S/C21H14O/c22-12-19-16-7-2-1-6-15(16)17-10-8-13-4-3-5-14-9-11-18(19)21(17)20(13)14/h1-11,22H,12H2. The van der Waals surface area contributed by atoms with Gasteiger partial charge in [0, 0.05) is 0 Å². The van der Waals surface area contributed by atoms with Crippen LogP contribution in [0.25, 0.3) is 43.1 Å². The Bertz CT molecular complexity index is 1140. The first-order valence-corrected chi connectivity index (χ1v) is 7.56. The maximum atomic E-state index is 9.97. The molecule has 104 valence electrons. The van der Waals surface area contributed by atoms with Gasteiger partial charge in [-0.15, -0.1) is 0 Å². The molecule has 5 rings (SSSR count). The molecule has 0 unspecified atom stereocenters. The fourth-order valence-corrected chi connectivity index (χ4v) is 3.86. The van der Waals surface area contributed by atoms with Gasteiger partial charge in [0.1, 0.15) is 0 Å². The highest BCUT2D eigenvalue weighted by atomic mass is 16.3. The van der Waals surface area contributed by atoms with Crippen LogP contribution < -0.4 is 0 Å². The van der Waals surface area contributed by atoms with Crippen LogP contribution in [0.4, 0.5) is 0 Å². The Morgan fingerprint density at radius 1 is 0.545 bits per heavy atom. The van der Waals surface area contributed by atoms with Gasteiger partial charge in [-0.05, 0) is 48.7 Å². The first-order valence-electron chi connectivity index (χ1n) is 7.56. The van der Waals surface area contributed by atoms with Crippen molar-refractivity contribution >= 4 is 43.1 Å². The molecule has 0 atom stereocenters. The van der Waals surface area contributed by atoms with Gasteiger partial charge in [-0.25, -0.2) is 0 Å². The van der Waals surface area contributed by atoms with E-state index < -0.39 is 0 Å². The zero-order valence-electron chi connectivity index (χ0n) is 12.0. The minimum atomic E-state index is 0.0642. The van der Waals surface area contributed by atoms with E-state index in [-0.39, 0.29) is 6.61 Å². The van der Waals surface area contributed by atoms with E-state index in [1.165, 1.54) is 37.7 Å². The lowest BCUT2D eigenvalue weighted by Gasteiger charge is -2.16. The average Bonchev–Trinajstić information content (AvgIpc) is 2.59. The summed E-state index contributed by atoms with van der Waals surface area (Å²) in [6.45, 7) is 0.0642. The number of aliphatic hydroxyl groups is 1. The second-order valence-corrected chi connectivity index (χ2v) is 5.86. The smallest absolute Gasteiger partial charge is 0.0693 e. The first kappa shape index (κ1) is 12.0. The van der Waals surface area contributed by atoms with Gasteiger partial charge in [0.15, 0.2) is 0 Å². The monoisotopic (exact) mass is 282 g/mol. The Balaban J connectivity index is 2.23. The molecule has 22 heavy (non-hydrogen) atoms. The van der Waals surface area contributed by atoms with Crippen LogP contribution in [-0.4, -0.2) is 5.11 Å². The molecular weight excluding hydrogens is 268 g/mol. The van der Waals surface area contributed by atoms with Gasteiger partial charge in [-0.3, -0.25) is 0 Å². The van der Waals surface area contributed by atoms with Crippen LogP contribution >= 0.6 is 0 Å². The molecule has 5 aromatic rings. The van der Waals surface area contributed by atoms with Crippen LogP contribution in [0.3, 0.4) is 0 Å². The molecular formula is C21H14O. The molecule has 1 nitrogen and oxygen atoms in total. The van der Waals surface area contributed by atoms with E-state index >= 15 is 0 Å². The van der Waals surface area contributed by atoms with Crippen molar-refractivity contribution in [1.29, 1.82) is 0 Å². The second-order valence-electron chi connectivity index (χ2n) is 5.86. The van der Waals surface area contributed by atoms with Crippen LogP contribution in [0.1, 0.15) is 5.56 Å². The maximum Gasteiger partial charge on any atom is 0.0693 e. The van der Waals surface area contributed by atoms with Crippen molar-refractivity contribution in [3.63, 3.8) is 0 Å². The molecule has 0 aliphatic heterocycles. The Morgan fingerprint density at radius 3 is 1.95 bits per heavy atom. The summed E-state index contributed by atoms with van der Waals surface area (Å²) in [5, 5.41) is 19.9. The quantitative estimate of drug-likeness (QED) is 0.330. The highest BCUT2D eigenvalue weighted by Crippen LogP contribution is 2.40. The Hall–Kier alpha value is -2.64. The van der Waals surface area contributed by atoms with Crippen molar-refractivity contribution in [2.45, 2.75) is 6.61 Å². The summed E-state index contributed by atoms with van der Waals surface area (Å²) < 4.78 is 0. The summed E-state index contributed by atoms with van der Waals surface area (Å²) in [4.78, 5) is 0. The molecule has 0 saturated heterocycles. The Morgan fingerprint density at radius 2 is 1.23 bits per heavy atom. The molecule has 0 bridgehead atoms. The lowest BCUT2D eigenvalue weighted by molar-refractivity contribution is 0.285. The predicted octanol–water partition coefficient (Wildman–Crippen LogP) is 5.23. The second kappa shape index (κ2) is 4.19. The molecule has 0 heterocycles. The van der Waals surface area contributed by atoms with E-state index in [1.54, 1.807) is 0 Å². The highest BCUT2D eigenvalue weighted by molar-refractivity contribution is 6.29. The molecule has 0 spiro atoms. The van der Waals surface area contributed by atoms with Crippen molar-refractivity contribution in [1.82, 2.24) is 0 Å². The summed E-state index contributed by atoms with van der Waals surface area (Å²) in [6, 6.07) is 23.5. The third kappa shape index (κ3) is 1.36. The van der Waals surface area contributed by atoms with Gasteiger partial charge in [-0.1, -0.05) is 66.7 Å². The average molecular weight is 282 g/mol. The van der Waals surface area contributed by atoms with Crippen molar-refractivity contribution in [2.75, 3.05) is 0 Å². The summed E-state index contributed by atoms with van der Waals surface area (Å²) >= 11 is 0. The Kier molecular flexibility index (Phi) is 2.28. The molecule has 1 heteroatoms. The zero-order valence-corrected chi connectivity index (χ0v) is 12.0. The fraction of sp³-hybridized carbons (Fsp3) is 0.0476. The number of fused-ring (bicyclic) bond motifs is 2. The van der Waals surface area contributed by atoms with E-state index in [9.17, 15) is 5.11 Å². The van der Waals surface area contributed by atoms with Gasteiger partial charge in [0.25, 0.3) is 0 Å². The number of rotatable bonds is 1. The van der Waals surface area contributed by atoms with Crippen LogP contribution in [0, 0.1) is 0 Å². The molecule has 0 radical (unpaired) electrons. The van der Waals surface area contributed by atoms with E-state index in [2.05, 4.69) is 60.7 Å². The minimum Gasteiger partial charge on any atom is -0.392 e. The summed E-state index contributed by atoms with van der Waals surface area (Å²) in [5.41, 5.74) is 1.03. The number of hydrogen-bond donors (Lipinski definition) is 1. The van der Waals surface area contributed by atoms with Crippen molar-refractivity contribution in [3.8, 4) is 0 Å². The normalized spacial score (nSPS) is 12.0. The van der Waals surface area contributed by atoms with E-state index in [1.807, 2.05) is 6.07 Å². The fourth-order valence-electron chi connectivity index (χ4n) is 3.86. The van der Waals surface area contributed by atoms with Crippen LogP contribution in [-0.2, 0) is 6.61 Å². The van der Waals surface area contributed by atoms with Gasteiger partial charge >= 0.3 is 0 Å². The van der Waals surface area contributed by atoms with Crippen LogP contribution in [0.15, 0.2) is 66.7 Å². The molecule has 1 N–H and O–H groups in total. The number of hydrogen-bond acceptors (Lipinski definition) is 1. The van der Waals surface area contributed by atoms with Crippen molar-refractivity contribution in [2.24, 2.45) is 0 Å². The van der Waals surface area contributed by atoms with E-state index in [4.69, 9.17) is 0 Å². The number of benzene rings is 5. The zero-order chi connectivity index (χ0) is 14.7. The maximum absolute atomic E-state index is 9.97. The first-order chi connectivity index (χ1) is 10.9. The van der Waals surface area contributed by atoms with E-state index in [0.29, 0.717) is 0 Å². The molecule has 5 aromatic carbocycles. The molecule has 0 fully saturated rings. The summed E-state index contributed by atoms with van der Waals surface area (Å²) in [6.07, 6.45) is 0. The molecule has 0 saturated carbocycles. The summed E-state index contributed by atoms with van der Waals surface area (Å²) in [7, 11) is 0. The Labute approximate surface area is 127 Å². The van der Waals surface area contributed by atoms with Crippen molar-refractivity contribution < 1.29 is 5.11 Å². The van der Waals surface area contributed by atoms with Gasteiger partial charge in [0.2, 0.25) is 0 Å². The van der Waals surface area contributed by atoms with Crippen LogP contribution in [0.2, 0.25) is 0 Å². The molecule has 0 aromatic heterocycles. The van der Waals surface area contributed by atoms with Gasteiger partial charge in [-0.2, -0.15) is 0 Å². The van der Waals surface area contributed by atoms with Crippen LogP contribution in [0.5, 0.6) is 0 Å². The SMILES string of the molecule is OCc1c2ccccc2c2ccc3cccc4ccc1c2c43. The third-order valence-corrected chi connectivity index (χ3v) is 4.80. The molecule has 0 aliphatic carbocycles. The van der Waals surface area contributed by atoms with Crippen molar-refractivity contribution in [3.05, 3.63) is 72.3 Å². The molecule has 0 amide bonds. The van der Waals surface area contributed by atoms with Gasteiger partial charge < -0.3 is 5.11 Å². The third-order valence-electron chi connectivity index (χ3n) is 4.80. The largest absolute Gasteiger partial charge is 0.392 e. The lowest BCUT2D eigenvalue weighted by atomic mass is 9.88. The molecule has 0 aliphatic rings. The summed E-state index contributed by atoms with van der Waals surface area (Å²) in [5.74, 6) is 0. The predicted molar refractivity (Wildman–Crippen MR) is 93.6 cm³/mol. The number of aliphatic hydroxyl groups excluding tert-OH is 1. The van der Waals surface area contributed by atoms with Gasteiger partial charge in [0.05, 0.1) is 6.61 Å². The highest BCUT2D eigenvalue weighted by Gasteiger charge is 2.14. The minimum absolute atomic E-state index is 0.0642.